The van der Waals surface area contributed by atoms with E-state index in [4.69, 9.17) is 0 Å². The molecule has 0 aliphatic carbocycles. The molecular weight excluding hydrogens is 286 g/mol. The van der Waals surface area contributed by atoms with Crippen molar-refractivity contribution < 1.29 is 18.2 Å². The standard InChI is InChI=1S/C15H25N3O2S/c1-15(2,13-18-11-9-17(3)10-12-18)16-21(19,20)14-7-5-4-6-8-14/h4-8,16H,9-13H2,1-3H3/p+2. The quantitative estimate of drug-likeness (QED) is 0.598. The van der Waals surface area contributed by atoms with E-state index >= 15 is 0 Å². The Morgan fingerprint density at radius 1 is 1.10 bits per heavy atom. The van der Waals surface area contributed by atoms with Crippen LogP contribution in [0.1, 0.15) is 13.8 Å². The Morgan fingerprint density at radius 2 is 1.67 bits per heavy atom. The molecule has 1 aromatic carbocycles. The van der Waals surface area contributed by atoms with Crippen LogP contribution in [0, 0.1) is 0 Å². The number of hydrogen-bond acceptors (Lipinski definition) is 2. The molecule has 0 spiro atoms. The molecule has 21 heavy (non-hydrogen) atoms. The Balaban J connectivity index is 2.00. The van der Waals surface area contributed by atoms with Gasteiger partial charge in [0, 0.05) is 0 Å². The first-order chi connectivity index (χ1) is 9.78. The lowest BCUT2D eigenvalue weighted by Crippen LogP contribution is -3.27. The topological polar surface area (TPSA) is 55.1 Å². The van der Waals surface area contributed by atoms with E-state index in [0.29, 0.717) is 4.90 Å². The summed E-state index contributed by atoms with van der Waals surface area (Å²) in [6, 6.07) is 8.57. The second-order valence-electron chi connectivity index (χ2n) is 6.69. The van der Waals surface area contributed by atoms with Gasteiger partial charge in [-0.15, -0.1) is 0 Å². The monoisotopic (exact) mass is 313 g/mol. The first-order valence-corrected chi connectivity index (χ1v) is 9.01. The van der Waals surface area contributed by atoms with Crippen LogP contribution >= 0.6 is 0 Å². The van der Waals surface area contributed by atoms with Crippen LogP contribution < -0.4 is 14.5 Å². The minimum absolute atomic E-state index is 0.330. The van der Waals surface area contributed by atoms with Crippen molar-refractivity contribution in [1.29, 1.82) is 0 Å². The zero-order valence-corrected chi connectivity index (χ0v) is 14.0. The number of sulfonamides is 1. The van der Waals surface area contributed by atoms with Crippen LogP contribution in [-0.4, -0.2) is 53.7 Å². The van der Waals surface area contributed by atoms with E-state index in [1.54, 1.807) is 29.2 Å². The lowest BCUT2D eigenvalue weighted by atomic mass is 10.1. The molecule has 2 rings (SSSR count). The van der Waals surface area contributed by atoms with Crippen molar-refractivity contribution in [3.8, 4) is 0 Å². The molecule has 0 bridgehead atoms. The Bertz CT molecular complexity index is 550. The SMILES string of the molecule is C[NH+]1CC[NH+](CC(C)(C)NS(=O)(=O)c2ccccc2)CC1. The van der Waals surface area contributed by atoms with Crippen LogP contribution in [0.25, 0.3) is 0 Å². The molecule has 1 fully saturated rings. The van der Waals surface area contributed by atoms with Gasteiger partial charge in [0.25, 0.3) is 0 Å². The number of hydrogen-bond donors (Lipinski definition) is 3. The van der Waals surface area contributed by atoms with E-state index in [2.05, 4.69) is 11.8 Å². The molecule has 1 aliphatic heterocycles. The smallest absolute Gasteiger partial charge is 0.241 e. The molecule has 0 atom stereocenters. The summed E-state index contributed by atoms with van der Waals surface area (Å²) in [4.78, 5) is 3.36. The summed E-state index contributed by atoms with van der Waals surface area (Å²) in [5.41, 5.74) is -0.449. The van der Waals surface area contributed by atoms with Gasteiger partial charge in [0.15, 0.2) is 0 Å². The largest absolute Gasteiger partial charge is 0.328 e. The highest BCUT2D eigenvalue weighted by atomic mass is 32.2. The van der Waals surface area contributed by atoms with E-state index in [-0.39, 0.29) is 0 Å². The molecule has 3 N–H and O–H groups in total. The Kier molecular flexibility index (Phi) is 5.03. The van der Waals surface area contributed by atoms with Crippen LogP contribution in [-0.2, 0) is 10.0 Å². The van der Waals surface area contributed by atoms with E-state index in [0.717, 1.165) is 32.7 Å². The predicted molar refractivity (Wildman–Crippen MR) is 83.0 cm³/mol. The molecular formula is C15H27N3O2S+2. The minimum atomic E-state index is -3.45. The molecule has 0 aromatic heterocycles. The highest BCUT2D eigenvalue weighted by molar-refractivity contribution is 7.89. The van der Waals surface area contributed by atoms with Gasteiger partial charge in [0.05, 0.1) is 24.0 Å². The van der Waals surface area contributed by atoms with Crippen molar-refractivity contribution in [2.24, 2.45) is 0 Å². The third-order valence-corrected chi connectivity index (χ3v) is 5.68. The minimum Gasteiger partial charge on any atom is -0.328 e. The lowest BCUT2D eigenvalue weighted by molar-refractivity contribution is -1.00. The second-order valence-corrected chi connectivity index (χ2v) is 8.37. The van der Waals surface area contributed by atoms with Gasteiger partial charge in [-0.25, -0.2) is 8.42 Å². The molecule has 5 nitrogen and oxygen atoms in total. The van der Waals surface area contributed by atoms with Gasteiger partial charge in [0.2, 0.25) is 10.0 Å². The molecule has 0 amide bonds. The van der Waals surface area contributed by atoms with Crippen molar-refractivity contribution in [2.45, 2.75) is 24.3 Å². The highest BCUT2D eigenvalue weighted by Crippen LogP contribution is 2.11. The van der Waals surface area contributed by atoms with Crippen LogP contribution in [0.2, 0.25) is 0 Å². The van der Waals surface area contributed by atoms with Gasteiger partial charge in [-0.3, -0.25) is 0 Å². The van der Waals surface area contributed by atoms with E-state index in [9.17, 15) is 8.42 Å². The summed E-state index contributed by atoms with van der Waals surface area (Å²) >= 11 is 0. The van der Waals surface area contributed by atoms with E-state index < -0.39 is 15.6 Å². The zero-order valence-electron chi connectivity index (χ0n) is 13.1. The molecule has 6 heteroatoms. The first-order valence-electron chi connectivity index (χ1n) is 7.52. The number of piperazine rings is 1. The number of likely N-dealkylation sites (N-methyl/N-ethyl adjacent to an activating group) is 1. The number of benzene rings is 1. The molecule has 1 saturated heterocycles. The highest BCUT2D eigenvalue weighted by Gasteiger charge is 2.32. The van der Waals surface area contributed by atoms with Crippen LogP contribution in [0.15, 0.2) is 35.2 Å². The molecule has 1 heterocycles. The van der Waals surface area contributed by atoms with E-state index in [1.165, 1.54) is 4.90 Å². The fourth-order valence-corrected chi connectivity index (χ4v) is 4.32. The second kappa shape index (κ2) is 6.44. The predicted octanol–water partition coefficient (Wildman–Crippen LogP) is -1.84. The molecule has 0 radical (unpaired) electrons. The van der Waals surface area contributed by atoms with Crippen molar-refractivity contribution in [3.63, 3.8) is 0 Å². The third kappa shape index (κ3) is 4.78. The fourth-order valence-electron chi connectivity index (χ4n) is 2.89. The number of quaternary nitrogens is 2. The lowest BCUT2D eigenvalue weighted by Gasteiger charge is -2.33. The van der Waals surface area contributed by atoms with Gasteiger partial charge < -0.3 is 9.80 Å². The Morgan fingerprint density at radius 3 is 2.24 bits per heavy atom. The van der Waals surface area contributed by atoms with Gasteiger partial charge >= 0.3 is 0 Å². The fraction of sp³-hybridized carbons (Fsp3) is 0.600. The molecule has 1 aromatic rings. The summed E-state index contributed by atoms with van der Waals surface area (Å²) in [6.07, 6.45) is 0. The van der Waals surface area contributed by atoms with Crippen LogP contribution in [0.5, 0.6) is 0 Å². The maximum absolute atomic E-state index is 12.4. The average Bonchev–Trinajstić information content (AvgIpc) is 2.41. The first kappa shape index (κ1) is 16.4. The molecule has 1 aliphatic rings. The van der Waals surface area contributed by atoms with Gasteiger partial charge in [-0.1, -0.05) is 18.2 Å². The average molecular weight is 313 g/mol. The van der Waals surface area contributed by atoms with Crippen LogP contribution in [0.3, 0.4) is 0 Å². The zero-order chi connectivity index (χ0) is 15.5. The number of nitrogens with one attached hydrogen (secondary N) is 3. The maximum Gasteiger partial charge on any atom is 0.241 e. The van der Waals surface area contributed by atoms with E-state index in [1.807, 2.05) is 19.9 Å². The summed E-state index contributed by atoms with van der Waals surface area (Å²) in [5, 5.41) is 0. The molecule has 0 unspecified atom stereocenters. The maximum atomic E-state index is 12.4. The van der Waals surface area contributed by atoms with Gasteiger partial charge in [-0.05, 0) is 26.0 Å². The van der Waals surface area contributed by atoms with Crippen molar-refractivity contribution >= 4 is 10.0 Å². The van der Waals surface area contributed by atoms with Crippen molar-refractivity contribution in [1.82, 2.24) is 4.72 Å². The van der Waals surface area contributed by atoms with Gasteiger partial charge in [-0.2, -0.15) is 4.72 Å². The summed E-state index contributed by atoms with van der Waals surface area (Å²) in [5.74, 6) is 0. The molecule has 0 saturated carbocycles. The Hall–Kier alpha value is -0.950. The molecule has 118 valence electrons. The Labute approximate surface area is 128 Å². The summed E-state index contributed by atoms with van der Waals surface area (Å²) in [6.45, 7) is 9.24. The third-order valence-electron chi connectivity index (χ3n) is 3.97. The van der Waals surface area contributed by atoms with Crippen molar-refractivity contribution in [3.05, 3.63) is 30.3 Å². The normalized spacial score (nSPS) is 24.0. The van der Waals surface area contributed by atoms with Crippen LogP contribution in [0.4, 0.5) is 0 Å². The summed E-state index contributed by atoms with van der Waals surface area (Å²) < 4.78 is 27.7. The van der Waals surface area contributed by atoms with Gasteiger partial charge in [0.1, 0.15) is 26.2 Å². The van der Waals surface area contributed by atoms with Crippen molar-refractivity contribution in [2.75, 3.05) is 39.8 Å². The number of rotatable bonds is 5. The summed E-state index contributed by atoms with van der Waals surface area (Å²) in [7, 11) is -1.24.